The van der Waals surface area contributed by atoms with E-state index in [1.54, 1.807) is 0 Å². The summed E-state index contributed by atoms with van der Waals surface area (Å²) in [5.41, 5.74) is 30.3. The van der Waals surface area contributed by atoms with Gasteiger partial charge in [-0.25, -0.2) is 0 Å². The summed E-state index contributed by atoms with van der Waals surface area (Å²) in [5.74, 6) is 0. The maximum absolute atomic E-state index is 2.49. The van der Waals surface area contributed by atoms with Gasteiger partial charge in [-0.05, 0) is 271 Å². The van der Waals surface area contributed by atoms with Crippen molar-refractivity contribution in [3.05, 3.63) is 447 Å². The Kier molecular flexibility index (Phi) is 16.6. The van der Waals surface area contributed by atoms with E-state index in [-0.39, 0.29) is 10.8 Å². The van der Waals surface area contributed by atoms with E-state index in [9.17, 15) is 0 Å². The summed E-state index contributed by atoms with van der Waals surface area (Å²) in [4.78, 5) is 9.72. The van der Waals surface area contributed by atoms with Crippen molar-refractivity contribution in [3.63, 3.8) is 0 Å². The maximum Gasteiger partial charge on any atom is 0.0540 e. The van der Waals surface area contributed by atoms with Crippen LogP contribution in [0, 0.1) is 0 Å². The highest BCUT2D eigenvalue weighted by Gasteiger charge is 2.42. The van der Waals surface area contributed by atoms with Crippen molar-refractivity contribution in [1.82, 2.24) is 0 Å². The van der Waals surface area contributed by atoms with Crippen molar-refractivity contribution in [2.45, 2.75) is 38.5 Å². The molecule has 558 valence electrons. The number of rotatable bonds is 15. The molecule has 0 aliphatic heterocycles. The summed E-state index contributed by atoms with van der Waals surface area (Å²) in [7, 11) is 0. The molecule has 0 saturated heterocycles. The van der Waals surface area contributed by atoms with Gasteiger partial charge in [0.05, 0.1) is 11.4 Å². The Morgan fingerprint density at radius 1 is 0.169 bits per heavy atom. The Hall–Kier alpha value is -14.8. The first-order valence-corrected chi connectivity index (χ1v) is 41.1. The van der Waals surface area contributed by atoms with Crippen molar-refractivity contribution in [1.29, 1.82) is 0 Å². The molecule has 0 atom stereocenters. The largest absolute Gasteiger partial charge is 0.310 e. The van der Waals surface area contributed by atoms with Crippen molar-refractivity contribution in [2.24, 2.45) is 0 Å². The number of fused-ring (bicyclic) bond motifs is 18. The number of para-hydroxylation sites is 4. The van der Waals surface area contributed by atoms with Crippen LogP contribution in [0.2, 0.25) is 0 Å². The van der Waals surface area contributed by atoms with Crippen LogP contribution in [0.1, 0.15) is 49.9 Å². The molecular weight excluding hydrogens is 1430 g/mol. The fourth-order valence-corrected chi connectivity index (χ4v) is 19.9. The van der Waals surface area contributed by atoms with Crippen LogP contribution in [0.15, 0.2) is 425 Å². The lowest BCUT2D eigenvalue weighted by molar-refractivity contribution is 0.666. The number of hydrogen-bond donors (Lipinski definition) is 0. The highest BCUT2D eigenvalue weighted by atomic mass is 15.2. The first-order chi connectivity index (χ1) is 58.1. The lowest BCUT2D eigenvalue weighted by atomic mass is 9.79. The van der Waals surface area contributed by atoms with Crippen LogP contribution in [-0.2, 0) is 10.8 Å². The third kappa shape index (κ3) is 11.4. The molecule has 20 aromatic rings. The molecule has 2 aliphatic carbocycles. The van der Waals surface area contributed by atoms with Crippen LogP contribution < -0.4 is 19.6 Å². The minimum absolute atomic E-state index is 0.331. The molecule has 0 amide bonds. The monoisotopic (exact) mass is 1510 g/mol. The highest BCUT2D eigenvalue weighted by molar-refractivity contribution is 6.21. The summed E-state index contributed by atoms with van der Waals surface area (Å²) in [6.07, 6.45) is 0. The Bertz CT molecular complexity index is 7340. The van der Waals surface area contributed by atoms with Gasteiger partial charge in [0.1, 0.15) is 0 Å². The number of nitrogens with zero attached hydrogens (tertiary/aromatic N) is 4. The van der Waals surface area contributed by atoms with Crippen LogP contribution in [0.4, 0.5) is 68.2 Å². The standard InChI is InChI=1S/C114H82N4/c1-113(2)105-73-89(116(82-38-14-7-15-39-82)86-56-52-76(53-57-86)75-30-10-5-11-31-75)62-66-101(105)109-97-49-26-23-46-94(97)103-71-87(60-64-99(103)111(109)113)115(81-36-12-6-13-37-81)85-58-54-77(55-59-85)79-34-28-35-80(70-79)91-68-69-108(96-48-25-22-45-93(91)96)118(84-42-18-9-19-43-84)90-63-67-102-106(74-90)114(3,4)112-100-65-61-88(72-104(100)95-47-24-27-50-98(95)110(102)112)117(83-40-16-8-17-41-83)107-51-29-33-78-32-20-21-44-92(78)107/h5-74H,1-4H3. The first kappa shape index (κ1) is 69.8. The van der Waals surface area contributed by atoms with Crippen molar-refractivity contribution < 1.29 is 0 Å². The minimum Gasteiger partial charge on any atom is -0.310 e. The molecule has 0 fully saturated rings. The van der Waals surface area contributed by atoms with E-state index < -0.39 is 0 Å². The zero-order chi connectivity index (χ0) is 78.7. The van der Waals surface area contributed by atoms with Gasteiger partial charge in [-0.1, -0.05) is 313 Å². The molecular formula is C114H82N4. The fraction of sp³-hybridized carbons (Fsp3) is 0.0526. The fourth-order valence-electron chi connectivity index (χ4n) is 19.9. The molecule has 4 nitrogen and oxygen atoms in total. The molecule has 0 saturated carbocycles. The van der Waals surface area contributed by atoms with Gasteiger partial charge in [-0.15, -0.1) is 0 Å². The first-order valence-electron chi connectivity index (χ1n) is 41.1. The lowest BCUT2D eigenvalue weighted by Gasteiger charge is -2.30. The number of anilines is 12. The van der Waals surface area contributed by atoms with Gasteiger partial charge >= 0.3 is 0 Å². The van der Waals surface area contributed by atoms with Crippen molar-refractivity contribution in [2.75, 3.05) is 19.6 Å². The van der Waals surface area contributed by atoms with Gasteiger partial charge in [0.2, 0.25) is 0 Å². The second-order valence-electron chi connectivity index (χ2n) is 32.7. The molecule has 4 heteroatoms. The average molecular weight is 1510 g/mol. The van der Waals surface area contributed by atoms with Gasteiger partial charge in [-0.3, -0.25) is 0 Å². The van der Waals surface area contributed by atoms with Gasteiger partial charge in [0.15, 0.2) is 0 Å². The Labute approximate surface area is 688 Å². The topological polar surface area (TPSA) is 13.0 Å². The van der Waals surface area contributed by atoms with Crippen LogP contribution in [0.5, 0.6) is 0 Å². The second kappa shape index (κ2) is 28.0. The Morgan fingerprint density at radius 3 is 1.00 bits per heavy atom. The molecule has 118 heavy (non-hydrogen) atoms. The van der Waals surface area contributed by atoms with E-state index in [1.807, 2.05) is 0 Å². The summed E-state index contributed by atoms with van der Waals surface area (Å²) >= 11 is 0. The van der Waals surface area contributed by atoms with Crippen LogP contribution in [-0.4, -0.2) is 0 Å². The van der Waals surface area contributed by atoms with Crippen molar-refractivity contribution in [3.8, 4) is 55.6 Å². The SMILES string of the molecule is CC1(C)c2cc(N(c3ccccc3)c3ccc(-c4ccccc4)cc3)ccc2-c2c1c1ccc(N(c3ccccc3)c3ccc(-c4cccc(-c5ccc(N(c6ccccc6)c6ccc7c(c6)C(C)(C)c6c-7c7ccccc7c7cc(N(c8ccccc8)c8cccc9ccccc89)ccc67)c6ccccc56)c4)cc3)cc1c1ccccc21. The van der Waals surface area contributed by atoms with Gasteiger partial charge in [0, 0.05) is 78.5 Å². The Balaban J connectivity index is 0.591. The molecule has 0 N–H and O–H groups in total. The van der Waals surface area contributed by atoms with Gasteiger partial charge in [-0.2, -0.15) is 0 Å². The molecule has 2 aliphatic rings. The Morgan fingerprint density at radius 2 is 0.492 bits per heavy atom. The summed E-state index contributed by atoms with van der Waals surface area (Å²) in [5, 5.41) is 14.8. The molecule has 20 aromatic carbocycles. The zero-order valence-electron chi connectivity index (χ0n) is 66.2. The average Bonchev–Trinajstić information content (AvgIpc) is 1.54. The summed E-state index contributed by atoms with van der Waals surface area (Å²) < 4.78 is 0. The normalized spacial score (nSPS) is 12.9. The van der Waals surface area contributed by atoms with Gasteiger partial charge < -0.3 is 19.6 Å². The number of benzene rings is 20. The van der Waals surface area contributed by atoms with Crippen LogP contribution in [0.3, 0.4) is 0 Å². The quantitative estimate of drug-likeness (QED) is 0.0949. The third-order valence-corrected chi connectivity index (χ3v) is 25.3. The molecule has 0 spiro atoms. The van der Waals surface area contributed by atoms with E-state index in [0.717, 1.165) is 84.9 Å². The maximum atomic E-state index is 2.49. The van der Waals surface area contributed by atoms with Crippen molar-refractivity contribution >= 4 is 133 Å². The predicted molar refractivity (Wildman–Crippen MR) is 502 cm³/mol. The third-order valence-electron chi connectivity index (χ3n) is 25.3. The molecule has 0 bridgehead atoms. The molecule has 0 aromatic heterocycles. The number of hydrogen-bond acceptors (Lipinski definition) is 4. The molecule has 0 radical (unpaired) electrons. The van der Waals surface area contributed by atoms with Gasteiger partial charge in [0.25, 0.3) is 0 Å². The highest BCUT2D eigenvalue weighted by Crippen LogP contribution is 2.60. The van der Waals surface area contributed by atoms with E-state index >= 15 is 0 Å². The van der Waals surface area contributed by atoms with Crippen LogP contribution in [0.25, 0.3) is 120 Å². The summed E-state index contributed by atoms with van der Waals surface area (Å²) in [6, 6.07) is 157. The minimum atomic E-state index is -0.361. The summed E-state index contributed by atoms with van der Waals surface area (Å²) in [6.45, 7) is 9.73. The van der Waals surface area contributed by atoms with E-state index in [4.69, 9.17) is 0 Å². The smallest absolute Gasteiger partial charge is 0.0540 e. The lowest BCUT2D eigenvalue weighted by Crippen LogP contribution is -2.17. The zero-order valence-corrected chi connectivity index (χ0v) is 66.2. The van der Waals surface area contributed by atoms with E-state index in [1.165, 1.54) is 126 Å². The van der Waals surface area contributed by atoms with Crippen LogP contribution >= 0.6 is 0 Å². The predicted octanol–water partition coefficient (Wildman–Crippen LogP) is 32.1. The molecule has 0 heterocycles. The molecule has 0 unspecified atom stereocenters. The van der Waals surface area contributed by atoms with E-state index in [2.05, 4.69) is 472 Å². The molecule has 22 rings (SSSR count). The second-order valence-corrected chi connectivity index (χ2v) is 32.7. The van der Waals surface area contributed by atoms with E-state index in [0.29, 0.717) is 0 Å².